The number of hydrogen-bond donors (Lipinski definition) is 0. The molecule has 128 valence electrons. The van der Waals surface area contributed by atoms with Crippen molar-refractivity contribution in [1.82, 2.24) is 14.9 Å². The van der Waals surface area contributed by atoms with Crippen LogP contribution < -0.4 is 0 Å². The molecule has 1 saturated heterocycles. The number of thiazole rings is 1. The Labute approximate surface area is 152 Å². The van der Waals surface area contributed by atoms with E-state index in [4.69, 9.17) is 4.98 Å². The number of likely N-dealkylation sites (tertiary alicyclic amines) is 1. The van der Waals surface area contributed by atoms with Crippen LogP contribution in [0.25, 0.3) is 21.3 Å². The van der Waals surface area contributed by atoms with E-state index in [2.05, 4.69) is 47.1 Å². The maximum Gasteiger partial charge on any atom is 0.0970 e. The summed E-state index contributed by atoms with van der Waals surface area (Å²) in [5, 5.41) is 1.34. The summed E-state index contributed by atoms with van der Waals surface area (Å²) < 4.78 is 1.31. The quantitative estimate of drug-likeness (QED) is 0.659. The highest BCUT2D eigenvalue weighted by Crippen LogP contribution is 2.44. The van der Waals surface area contributed by atoms with E-state index in [-0.39, 0.29) is 0 Å². The molecule has 0 amide bonds. The third kappa shape index (κ3) is 2.77. The number of pyridine rings is 1. The van der Waals surface area contributed by atoms with Crippen molar-refractivity contribution in [1.29, 1.82) is 0 Å². The molecule has 2 fully saturated rings. The number of nitrogens with zero attached hydrogens (tertiary/aromatic N) is 3. The molecule has 1 aliphatic carbocycles. The minimum atomic E-state index is 0.666. The molecular formula is C21H23N3S. The van der Waals surface area contributed by atoms with Gasteiger partial charge in [0.25, 0.3) is 0 Å². The van der Waals surface area contributed by atoms with Gasteiger partial charge in [0.2, 0.25) is 0 Å². The van der Waals surface area contributed by atoms with Crippen molar-refractivity contribution < 1.29 is 0 Å². The fraction of sp³-hybridized carbons (Fsp3) is 0.429. The fourth-order valence-electron chi connectivity index (χ4n) is 4.40. The zero-order valence-corrected chi connectivity index (χ0v) is 15.4. The van der Waals surface area contributed by atoms with Gasteiger partial charge in [-0.25, -0.2) is 4.98 Å². The first-order chi connectivity index (χ1) is 12.3. The van der Waals surface area contributed by atoms with Crippen molar-refractivity contribution in [3.63, 3.8) is 0 Å². The first-order valence-electron chi connectivity index (χ1n) is 9.34. The van der Waals surface area contributed by atoms with Crippen molar-refractivity contribution >= 4 is 21.6 Å². The summed E-state index contributed by atoms with van der Waals surface area (Å²) >= 11 is 1.89. The summed E-state index contributed by atoms with van der Waals surface area (Å²) in [6, 6.07) is 12.3. The second-order valence-electron chi connectivity index (χ2n) is 7.52. The van der Waals surface area contributed by atoms with Crippen LogP contribution in [0, 0.1) is 0 Å². The van der Waals surface area contributed by atoms with Gasteiger partial charge in [-0.3, -0.25) is 9.88 Å². The van der Waals surface area contributed by atoms with E-state index in [0.29, 0.717) is 5.92 Å². The fourth-order valence-corrected chi connectivity index (χ4v) is 5.53. The average molecular weight is 350 g/mol. The van der Waals surface area contributed by atoms with Crippen LogP contribution in [0.4, 0.5) is 0 Å². The Morgan fingerprint density at radius 1 is 1.08 bits per heavy atom. The van der Waals surface area contributed by atoms with Gasteiger partial charge < -0.3 is 0 Å². The molecule has 2 aromatic heterocycles. The van der Waals surface area contributed by atoms with Gasteiger partial charge in [-0.15, -0.1) is 11.3 Å². The molecule has 25 heavy (non-hydrogen) atoms. The Bertz CT molecular complexity index is 883. The summed E-state index contributed by atoms with van der Waals surface area (Å²) in [5.41, 5.74) is 3.62. The van der Waals surface area contributed by atoms with E-state index >= 15 is 0 Å². The van der Waals surface area contributed by atoms with Crippen LogP contribution in [0.2, 0.25) is 0 Å². The Morgan fingerprint density at radius 2 is 1.92 bits per heavy atom. The topological polar surface area (TPSA) is 29.0 Å². The number of hydrogen-bond acceptors (Lipinski definition) is 4. The molecule has 1 aromatic carbocycles. The molecule has 5 rings (SSSR count). The van der Waals surface area contributed by atoms with E-state index in [1.807, 2.05) is 23.7 Å². The van der Waals surface area contributed by atoms with Crippen LogP contribution in [-0.2, 0) is 0 Å². The Balaban J connectivity index is 1.35. The molecule has 2 aliphatic rings. The van der Waals surface area contributed by atoms with Gasteiger partial charge in [0.05, 0.1) is 15.2 Å². The van der Waals surface area contributed by atoms with E-state index in [1.54, 1.807) is 0 Å². The van der Waals surface area contributed by atoms with Gasteiger partial charge in [-0.2, -0.15) is 0 Å². The molecule has 1 saturated carbocycles. The van der Waals surface area contributed by atoms with Crippen LogP contribution in [-0.4, -0.2) is 33.5 Å². The molecule has 0 N–H and O–H groups in total. The van der Waals surface area contributed by atoms with Crippen LogP contribution >= 0.6 is 11.3 Å². The molecule has 4 heteroatoms. The molecule has 1 atom stereocenters. The predicted octanol–water partition coefficient (Wildman–Crippen LogP) is 5.09. The maximum absolute atomic E-state index is 4.94. The van der Waals surface area contributed by atoms with Crippen molar-refractivity contribution in [2.75, 3.05) is 6.54 Å². The highest BCUT2D eigenvalue weighted by atomic mass is 32.1. The number of fused-ring (bicyclic) bond motifs is 1. The summed E-state index contributed by atoms with van der Waals surface area (Å²) in [6.07, 6.45) is 9.04. The second kappa shape index (κ2) is 6.19. The van der Waals surface area contributed by atoms with Crippen molar-refractivity contribution in [2.24, 2.45) is 0 Å². The van der Waals surface area contributed by atoms with Gasteiger partial charge in [-0.1, -0.05) is 6.07 Å². The normalized spacial score (nSPS) is 26.8. The largest absolute Gasteiger partial charge is 0.298 e. The zero-order valence-electron chi connectivity index (χ0n) is 14.6. The third-order valence-corrected chi connectivity index (χ3v) is 7.14. The maximum atomic E-state index is 4.94. The lowest BCUT2D eigenvalue weighted by atomic mass is 9.79. The zero-order chi connectivity index (χ0) is 16.8. The van der Waals surface area contributed by atoms with E-state index in [0.717, 1.165) is 17.6 Å². The Kier molecular flexibility index (Phi) is 3.83. The number of rotatable bonds is 3. The standard InChI is InChI=1S/C21H23N3S/c1-14-3-2-10-24(14)18-11-17(12-18)21-23-19-5-4-16(13-20(19)25-21)15-6-8-22-9-7-15/h4-9,13-14,17-18H,2-3,10-12H2,1H3/t14-,17-,18-/m1/s1. The first kappa shape index (κ1) is 15.5. The smallest absolute Gasteiger partial charge is 0.0970 e. The molecule has 0 bridgehead atoms. The minimum absolute atomic E-state index is 0.666. The van der Waals surface area contributed by atoms with Crippen LogP contribution in [0.1, 0.15) is 43.5 Å². The molecular weight excluding hydrogens is 326 g/mol. The Hall–Kier alpha value is -1.78. The van der Waals surface area contributed by atoms with E-state index in [1.165, 1.54) is 53.1 Å². The summed E-state index contributed by atoms with van der Waals surface area (Å²) in [5.74, 6) is 0.666. The van der Waals surface area contributed by atoms with Gasteiger partial charge >= 0.3 is 0 Å². The highest BCUT2D eigenvalue weighted by Gasteiger charge is 2.39. The second-order valence-corrected chi connectivity index (χ2v) is 8.58. The third-order valence-electron chi connectivity index (χ3n) is 5.95. The van der Waals surface area contributed by atoms with Gasteiger partial charge in [0.1, 0.15) is 0 Å². The predicted molar refractivity (Wildman–Crippen MR) is 104 cm³/mol. The average Bonchev–Trinajstić information content (AvgIpc) is 3.20. The number of benzene rings is 1. The van der Waals surface area contributed by atoms with Gasteiger partial charge in [-0.05, 0) is 74.5 Å². The lowest BCUT2D eigenvalue weighted by Crippen LogP contribution is -2.45. The Morgan fingerprint density at radius 3 is 2.68 bits per heavy atom. The molecule has 0 unspecified atom stereocenters. The lowest BCUT2D eigenvalue weighted by molar-refractivity contribution is 0.103. The van der Waals surface area contributed by atoms with E-state index < -0.39 is 0 Å². The van der Waals surface area contributed by atoms with Crippen LogP contribution in [0.15, 0.2) is 42.7 Å². The first-order valence-corrected chi connectivity index (χ1v) is 10.2. The SMILES string of the molecule is C[C@@H]1CCCN1[C@H]1C[C@H](c2nc3ccc(-c4ccncc4)cc3s2)C1. The molecule has 3 heterocycles. The molecule has 0 radical (unpaired) electrons. The molecule has 3 nitrogen and oxygen atoms in total. The monoisotopic (exact) mass is 349 g/mol. The van der Waals surface area contributed by atoms with Gasteiger partial charge in [0.15, 0.2) is 0 Å². The highest BCUT2D eigenvalue weighted by molar-refractivity contribution is 7.18. The van der Waals surface area contributed by atoms with Crippen LogP contribution in [0.3, 0.4) is 0 Å². The van der Waals surface area contributed by atoms with E-state index in [9.17, 15) is 0 Å². The molecule has 1 aliphatic heterocycles. The summed E-state index contributed by atoms with van der Waals surface area (Å²) in [4.78, 5) is 11.8. The molecule has 0 spiro atoms. The number of aromatic nitrogens is 2. The van der Waals surface area contributed by atoms with Crippen molar-refractivity contribution in [3.05, 3.63) is 47.7 Å². The van der Waals surface area contributed by atoms with Crippen LogP contribution in [0.5, 0.6) is 0 Å². The summed E-state index contributed by atoms with van der Waals surface area (Å²) in [6.45, 7) is 3.69. The van der Waals surface area contributed by atoms with Gasteiger partial charge in [0, 0.05) is 30.4 Å². The lowest BCUT2D eigenvalue weighted by Gasteiger charge is -2.42. The summed E-state index contributed by atoms with van der Waals surface area (Å²) in [7, 11) is 0. The molecule has 3 aromatic rings. The van der Waals surface area contributed by atoms with Crippen molar-refractivity contribution in [2.45, 2.75) is 50.6 Å². The van der Waals surface area contributed by atoms with Crippen molar-refractivity contribution in [3.8, 4) is 11.1 Å². The minimum Gasteiger partial charge on any atom is -0.298 e.